The van der Waals surface area contributed by atoms with Crippen LogP contribution in [0.2, 0.25) is 18.1 Å². The van der Waals surface area contributed by atoms with Gasteiger partial charge in [0.25, 0.3) is 0 Å². The smallest absolute Gasteiger partial charge is 0.327 e. The van der Waals surface area contributed by atoms with Crippen LogP contribution < -0.4 is 0 Å². The molecule has 0 spiro atoms. The van der Waals surface area contributed by atoms with Crippen LogP contribution in [0.1, 0.15) is 66.2 Å². The van der Waals surface area contributed by atoms with Crippen molar-refractivity contribution in [1.82, 2.24) is 0 Å². The van der Waals surface area contributed by atoms with Gasteiger partial charge in [0.05, 0.1) is 0 Å². The van der Waals surface area contributed by atoms with Crippen LogP contribution in [0.3, 0.4) is 0 Å². The van der Waals surface area contributed by atoms with E-state index in [0.717, 1.165) is 19.4 Å². The van der Waals surface area contributed by atoms with Crippen molar-refractivity contribution in [3.05, 3.63) is 12.2 Å². The number of rotatable bonds is 11. The average Bonchev–Trinajstić information content (AvgIpc) is 2.38. The van der Waals surface area contributed by atoms with E-state index in [-0.39, 0.29) is 5.04 Å². The summed E-state index contributed by atoms with van der Waals surface area (Å²) >= 11 is 0. The van der Waals surface area contributed by atoms with Crippen molar-refractivity contribution >= 4 is 14.3 Å². The summed E-state index contributed by atoms with van der Waals surface area (Å²) in [6, 6.07) is 0. The standard InChI is InChI=1S/C18H36O3Si/c1-7-8-9-10-12-16(13-11-14-17(19)20)15-21-22(5,6)18(2,3)4/h11,14,16H,7-10,12-13,15H2,1-6H3,(H,19,20)/b14-11+. The summed E-state index contributed by atoms with van der Waals surface area (Å²) < 4.78 is 6.33. The van der Waals surface area contributed by atoms with Crippen LogP contribution in [0.5, 0.6) is 0 Å². The second-order valence-corrected chi connectivity index (χ2v) is 12.6. The molecule has 0 bridgehead atoms. The van der Waals surface area contributed by atoms with E-state index in [2.05, 4.69) is 40.8 Å². The Kier molecular flexibility index (Phi) is 9.93. The van der Waals surface area contributed by atoms with Gasteiger partial charge >= 0.3 is 5.97 Å². The fourth-order valence-electron chi connectivity index (χ4n) is 2.03. The number of allylic oxidation sites excluding steroid dienone is 1. The lowest BCUT2D eigenvalue weighted by molar-refractivity contribution is -0.131. The van der Waals surface area contributed by atoms with Gasteiger partial charge in [0.1, 0.15) is 0 Å². The summed E-state index contributed by atoms with van der Waals surface area (Å²) in [6.07, 6.45) is 9.94. The fourth-order valence-corrected chi connectivity index (χ4v) is 3.12. The molecule has 0 radical (unpaired) electrons. The molecule has 22 heavy (non-hydrogen) atoms. The number of carboxylic acid groups (broad SMARTS) is 1. The Morgan fingerprint density at radius 2 is 1.86 bits per heavy atom. The normalized spacial score (nSPS) is 14.5. The van der Waals surface area contributed by atoms with Crippen LogP contribution in [0, 0.1) is 5.92 Å². The number of hydrogen-bond donors (Lipinski definition) is 1. The van der Waals surface area contributed by atoms with Crippen molar-refractivity contribution < 1.29 is 14.3 Å². The van der Waals surface area contributed by atoms with Crippen molar-refractivity contribution in [2.24, 2.45) is 5.92 Å². The van der Waals surface area contributed by atoms with Gasteiger partial charge in [-0.1, -0.05) is 59.5 Å². The first-order valence-corrected chi connectivity index (χ1v) is 11.5. The molecule has 1 N–H and O–H groups in total. The zero-order chi connectivity index (χ0) is 17.2. The highest BCUT2D eigenvalue weighted by atomic mass is 28.4. The summed E-state index contributed by atoms with van der Waals surface area (Å²) in [4.78, 5) is 10.6. The molecule has 1 atom stereocenters. The summed E-state index contributed by atoms with van der Waals surface area (Å²) in [5.41, 5.74) is 0. The summed E-state index contributed by atoms with van der Waals surface area (Å²) in [7, 11) is -1.72. The lowest BCUT2D eigenvalue weighted by Crippen LogP contribution is -2.41. The second-order valence-electron chi connectivity index (χ2n) is 7.76. The minimum Gasteiger partial charge on any atom is -0.478 e. The van der Waals surface area contributed by atoms with Crippen molar-refractivity contribution in [2.75, 3.05) is 6.61 Å². The molecule has 0 rings (SSSR count). The number of unbranched alkanes of at least 4 members (excludes halogenated alkanes) is 3. The van der Waals surface area contributed by atoms with Crippen molar-refractivity contribution in [2.45, 2.75) is 84.4 Å². The number of aliphatic carboxylic acids is 1. The molecule has 0 heterocycles. The lowest BCUT2D eigenvalue weighted by Gasteiger charge is -2.37. The maximum Gasteiger partial charge on any atom is 0.327 e. The van der Waals surface area contributed by atoms with Crippen molar-refractivity contribution in [3.8, 4) is 0 Å². The SMILES string of the molecule is CCCCCCC(C/C=C/C(=O)O)CO[Si](C)(C)C(C)(C)C. The van der Waals surface area contributed by atoms with Crippen LogP contribution >= 0.6 is 0 Å². The Morgan fingerprint density at radius 3 is 2.36 bits per heavy atom. The Hall–Kier alpha value is -0.613. The fraction of sp³-hybridized carbons (Fsp3) is 0.833. The molecule has 0 amide bonds. The molecular weight excluding hydrogens is 292 g/mol. The van der Waals surface area contributed by atoms with E-state index in [9.17, 15) is 4.79 Å². The summed E-state index contributed by atoms with van der Waals surface area (Å²) in [5.74, 6) is -0.434. The van der Waals surface area contributed by atoms with Gasteiger partial charge < -0.3 is 9.53 Å². The third kappa shape index (κ3) is 9.41. The molecule has 0 aliphatic heterocycles. The van der Waals surface area contributed by atoms with Crippen molar-refractivity contribution in [1.29, 1.82) is 0 Å². The molecule has 0 aliphatic carbocycles. The Bertz CT molecular complexity index is 343. The lowest BCUT2D eigenvalue weighted by atomic mass is 9.98. The van der Waals surface area contributed by atoms with Crippen LogP contribution in [-0.2, 0) is 9.22 Å². The van der Waals surface area contributed by atoms with Crippen LogP contribution in [0.25, 0.3) is 0 Å². The van der Waals surface area contributed by atoms with Gasteiger partial charge in [-0.2, -0.15) is 0 Å². The highest BCUT2D eigenvalue weighted by molar-refractivity contribution is 6.74. The van der Waals surface area contributed by atoms with E-state index in [0.29, 0.717) is 5.92 Å². The molecule has 3 nitrogen and oxygen atoms in total. The third-order valence-corrected chi connectivity index (χ3v) is 9.18. The average molecular weight is 329 g/mol. The monoisotopic (exact) mass is 328 g/mol. The van der Waals surface area contributed by atoms with Gasteiger partial charge in [-0.05, 0) is 36.9 Å². The number of carbonyl (C=O) groups is 1. The van der Waals surface area contributed by atoms with Gasteiger partial charge in [-0.3, -0.25) is 0 Å². The topological polar surface area (TPSA) is 46.5 Å². The van der Waals surface area contributed by atoms with E-state index < -0.39 is 14.3 Å². The Morgan fingerprint density at radius 1 is 1.23 bits per heavy atom. The zero-order valence-corrected chi connectivity index (χ0v) is 16.4. The molecule has 0 aliphatic rings. The maximum absolute atomic E-state index is 10.6. The largest absolute Gasteiger partial charge is 0.478 e. The van der Waals surface area contributed by atoms with Crippen LogP contribution in [0.4, 0.5) is 0 Å². The highest BCUT2D eigenvalue weighted by Crippen LogP contribution is 2.37. The van der Waals surface area contributed by atoms with Gasteiger partial charge in [0, 0.05) is 12.7 Å². The predicted molar refractivity (Wildman–Crippen MR) is 96.8 cm³/mol. The Labute approximate surface area is 138 Å². The molecule has 0 fully saturated rings. The minimum atomic E-state index is -1.72. The zero-order valence-electron chi connectivity index (χ0n) is 15.4. The van der Waals surface area contributed by atoms with Crippen molar-refractivity contribution in [3.63, 3.8) is 0 Å². The molecule has 0 aromatic rings. The second kappa shape index (κ2) is 10.2. The van der Waals surface area contributed by atoms with E-state index >= 15 is 0 Å². The Balaban J connectivity index is 4.47. The molecule has 0 saturated carbocycles. The summed E-state index contributed by atoms with van der Waals surface area (Å²) in [6.45, 7) is 14.3. The highest BCUT2D eigenvalue weighted by Gasteiger charge is 2.37. The molecule has 4 heteroatoms. The van der Waals surface area contributed by atoms with Gasteiger partial charge in [-0.25, -0.2) is 4.79 Å². The first-order valence-electron chi connectivity index (χ1n) is 8.63. The molecule has 130 valence electrons. The summed E-state index contributed by atoms with van der Waals surface area (Å²) in [5, 5.41) is 8.95. The maximum atomic E-state index is 10.6. The van der Waals surface area contributed by atoms with Crippen LogP contribution in [0.15, 0.2) is 12.2 Å². The van der Waals surface area contributed by atoms with E-state index in [4.69, 9.17) is 9.53 Å². The number of hydrogen-bond acceptors (Lipinski definition) is 2. The first kappa shape index (κ1) is 21.4. The van der Waals surface area contributed by atoms with Gasteiger partial charge in [-0.15, -0.1) is 0 Å². The predicted octanol–water partition coefficient (Wildman–Crippen LogP) is 5.63. The molecular formula is C18H36O3Si. The number of carboxylic acids is 1. The first-order chi connectivity index (χ1) is 10.1. The van der Waals surface area contributed by atoms with E-state index in [1.807, 2.05) is 0 Å². The third-order valence-electron chi connectivity index (χ3n) is 4.68. The molecule has 1 unspecified atom stereocenters. The molecule has 0 saturated heterocycles. The van der Waals surface area contributed by atoms with E-state index in [1.54, 1.807) is 6.08 Å². The molecule has 0 aromatic carbocycles. The molecule has 0 aromatic heterocycles. The van der Waals surface area contributed by atoms with E-state index in [1.165, 1.54) is 31.8 Å². The van der Waals surface area contributed by atoms with Gasteiger partial charge in [0.2, 0.25) is 0 Å². The van der Waals surface area contributed by atoms with Gasteiger partial charge in [0.15, 0.2) is 8.32 Å². The quantitative estimate of drug-likeness (QED) is 0.304. The van der Waals surface area contributed by atoms with Crippen LogP contribution in [-0.4, -0.2) is 26.0 Å². The minimum absolute atomic E-state index is 0.219.